The first-order chi connectivity index (χ1) is 16.4. The molecule has 4 rings (SSSR count). The number of hydrogen-bond acceptors (Lipinski definition) is 5. The lowest BCUT2D eigenvalue weighted by Gasteiger charge is -2.19. The molecule has 0 saturated heterocycles. The number of imidazole rings is 1. The van der Waals surface area contributed by atoms with Gasteiger partial charge in [0, 0.05) is 55.9 Å². The van der Waals surface area contributed by atoms with Gasteiger partial charge in [-0.25, -0.2) is 4.98 Å². The van der Waals surface area contributed by atoms with E-state index in [9.17, 15) is 14.4 Å². The van der Waals surface area contributed by atoms with Crippen LogP contribution in [0, 0.1) is 0 Å². The van der Waals surface area contributed by atoms with Crippen molar-refractivity contribution >= 4 is 34.8 Å². The van der Waals surface area contributed by atoms with Crippen molar-refractivity contribution in [1.82, 2.24) is 24.8 Å². The first-order valence-electron chi connectivity index (χ1n) is 10.5. The molecule has 0 aliphatic heterocycles. The number of halogens is 1. The van der Waals surface area contributed by atoms with Crippen molar-refractivity contribution in [3.63, 3.8) is 0 Å². The van der Waals surface area contributed by atoms with Crippen LogP contribution in [0.15, 0.2) is 78.0 Å². The number of hydrogen-bond donors (Lipinski definition) is 2. The normalized spacial score (nSPS) is 11.7. The summed E-state index contributed by atoms with van der Waals surface area (Å²) < 4.78 is 3.90. The molecule has 2 amide bonds. The minimum Gasteiger partial charge on any atom is -0.349 e. The van der Waals surface area contributed by atoms with Gasteiger partial charge in [0.15, 0.2) is 0 Å². The third-order valence-corrected chi connectivity index (χ3v) is 6.45. The van der Waals surface area contributed by atoms with Gasteiger partial charge in [-0.2, -0.15) is 0 Å². The first kappa shape index (κ1) is 23.5. The summed E-state index contributed by atoms with van der Waals surface area (Å²) in [4.78, 5) is 42.3. The first-order valence-corrected chi connectivity index (χ1v) is 11.7. The van der Waals surface area contributed by atoms with E-state index in [0.717, 1.165) is 5.82 Å². The molecule has 0 aliphatic carbocycles. The lowest BCUT2D eigenvalue weighted by Crippen LogP contribution is -2.45. The molecule has 3 aromatic heterocycles. The Bertz CT molecular complexity index is 1360. The molecule has 1 unspecified atom stereocenters. The van der Waals surface area contributed by atoms with Crippen LogP contribution in [0.2, 0.25) is 4.34 Å². The van der Waals surface area contributed by atoms with Gasteiger partial charge >= 0.3 is 0 Å². The second-order valence-electron chi connectivity index (χ2n) is 7.60. The molecule has 1 aromatic carbocycles. The molecule has 0 fully saturated rings. The molecule has 0 aliphatic rings. The smallest absolute Gasteiger partial charge is 0.261 e. The zero-order valence-electron chi connectivity index (χ0n) is 18.3. The van der Waals surface area contributed by atoms with Gasteiger partial charge in [-0.3, -0.25) is 19.0 Å². The fourth-order valence-electron chi connectivity index (χ4n) is 3.41. The monoisotopic (exact) mass is 495 g/mol. The summed E-state index contributed by atoms with van der Waals surface area (Å²) in [6, 6.07) is 14.6. The Hall–Kier alpha value is -3.69. The van der Waals surface area contributed by atoms with Crippen molar-refractivity contribution in [2.24, 2.45) is 7.05 Å². The molecule has 0 radical (unpaired) electrons. The van der Waals surface area contributed by atoms with Crippen LogP contribution in [0.4, 0.5) is 0 Å². The lowest BCUT2D eigenvalue weighted by molar-refractivity contribution is 0.0909. The van der Waals surface area contributed by atoms with Gasteiger partial charge in [-0.15, -0.1) is 11.3 Å². The third kappa shape index (κ3) is 5.62. The Balaban J connectivity index is 1.46. The number of thiophene rings is 1. The number of carbonyl (C=O) groups excluding carboxylic acids is 2. The van der Waals surface area contributed by atoms with Crippen molar-refractivity contribution in [3.8, 4) is 5.69 Å². The van der Waals surface area contributed by atoms with Gasteiger partial charge in [0.05, 0.1) is 15.3 Å². The SMILES string of the molecule is Cn1ccnc1CC(CNC(=O)c1ccc(Cl)s1)NC(=O)c1ccc(-n2ccccc2=O)cc1. The van der Waals surface area contributed by atoms with E-state index in [1.807, 2.05) is 17.8 Å². The van der Waals surface area contributed by atoms with E-state index in [1.165, 1.54) is 22.0 Å². The van der Waals surface area contributed by atoms with Crippen molar-refractivity contribution in [3.05, 3.63) is 104 Å². The number of aromatic nitrogens is 3. The maximum absolute atomic E-state index is 13.0. The number of pyridine rings is 1. The Kier molecular flexibility index (Phi) is 7.24. The highest BCUT2D eigenvalue weighted by molar-refractivity contribution is 7.18. The minimum atomic E-state index is -0.399. The van der Waals surface area contributed by atoms with Gasteiger partial charge in [-0.05, 0) is 42.5 Å². The molecular formula is C24H22ClN5O3S. The summed E-state index contributed by atoms with van der Waals surface area (Å²) in [5.41, 5.74) is 0.945. The highest BCUT2D eigenvalue weighted by Gasteiger charge is 2.19. The second kappa shape index (κ2) is 10.5. The molecule has 8 nitrogen and oxygen atoms in total. The average molecular weight is 496 g/mol. The van der Waals surface area contributed by atoms with Crippen molar-refractivity contribution < 1.29 is 9.59 Å². The van der Waals surface area contributed by atoms with Gasteiger partial charge in [0.25, 0.3) is 17.4 Å². The van der Waals surface area contributed by atoms with E-state index in [1.54, 1.807) is 60.9 Å². The van der Waals surface area contributed by atoms with Crippen LogP contribution >= 0.6 is 22.9 Å². The molecule has 34 heavy (non-hydrogen) atoms. The molecule has 174 valence electrons. The molecule has 0 saturated carbocycles. The standard InChI is InChI=1S/C24H22ClN5O3S/c1-29-13-11-26-21(29)14-17(15-27-24(33)19-9-10-20(25)34-19)28-23(32)16-5-7-18(8-6-16)30-12-3-2-4-22(30)31/h2-13,17H,14-15H2,1H3,(H,27,33)(H,28,32). The summed E-state index contributed by atoms with van der Waals surface area (Å²) in [7, 11) is 1.87. The Morgan fingerprint density at radius 2 is 1.85 bits per heavy atom. The van der Waals surface area contributed by atoms with Crippen LogP contribution in [-0.4, -0.2) is 38.5 Å². The maximum Gasteiger partial charge on any atom is 0.261 e. The van der Waals surface area contributed by atoms with Gasteiger partial charge in [0.2, 0.25) is 0 Å². The van der Waals surface area contributed by atoms with Gasteiger partial charge < -0.3 is 15.2 Å². The summed E-state index contributed by atoms with van der Waals surface area (Å²) >= 11 is 7.12. The molecule has 10 heteroatoms. The second-order valence-corrected chi connectivity index (χ2v) is 9.31. The molecule has 2 N–H and O–H groups in total. The number of amides is 2. The minimum absolute atomic E-state index is 0.155. The summed E-state index contributed by atoms with van der Waals surface area (Å²) in [5.74, 6) is 0.228. The molecule has 0 spiro atoms. The number of benzene rings is 1. The van der Waals surface area contributed by atoms with Crippen molar-refractivity contribution in [1.29, 1.82) is 0 Å². The van der Waals surface area contributed by atoms with Crippen LogP contribution in [0.3, 0.4) is 0 Å². The largest absolute Gasteiger partial charge is 0.349 e. The highest BCUT2D eigenvalue weighted by Crippen LogP contribution is 2.21. The summed E-state index contributed by atoms with van der Waals surface area (Å²) in [6.07, 6.45) is 5.61. The van der Waals surface area contributed by atoms with E-state index in [-0.39, 0.29) is 23.9 Å². The molecule has 4 aromatic rings. The number of aryl methyl sites for hydroxylation is 1. The van der Waals surface area contributed by atoms with Gasteiger partial charge in [0.1, 0.15) is 5.82 Å². The molecule has 1 atom stereocenters. The molecular weight excluding hydrogens is 474 g/mol. The summed E-state index contributed by atoms with van der Waals surface area (Å²) in [5, 5.41) is 5.84. The van der Waals surface area contributed by atoms with Crippen molar-refractivity contribution in [2.45, 2.75) is 12.5 Å². The number of nitrogens with zero attached hydrogens (tertiary/aromatic N) is 3. The van der Waals surface area contributed by atoms with Crippen LogP contribution < -0.4 is 16.2 Å². The van der Waals surface area contributed by atoms with E-state index in [4.69, 9.17) is 11.6 Å². The maximum atomic E-state index is 13.0. The van der Waals surface area contributed by atoms with E-state index in [2.05, 4.69) is 15.6 Å². The lowest BCUT2D eigenvalue weighted by atomic mass is 10.1. The fourth-order valence-corrected chi connectivity index (χ4v) is 4.37. The average Bonchev–Trinajstić information content (AvgIpc) is 3.45. The van der Waals surface area contributed by atoms with E-state index < -0.39 is 6.04 Å². The Morgan fingerprint density at radius 3 is 2.50 bits per heavy atom. The third-order valence-electron chi connectivity index (χ3n) is 5.22. The fraction of sp³-hybridized carbons (Fsp3) is 0.167. The van der Waals surface area contributed by atoms with Crippen LogP contribution in [-0.2, 0) is 13.5 Å². The number of rotatable bonds is 8. The number of carbonyl (C=O) groups is 2. The predicted octanol–water partition coefficient (Wildman–Crippen LogP) is 3.06. The van der Waals surface area contributed by atoms with Crippen molar-refractivity contribution in [2.75, 3.05) is 6.54 Å². The quantitative estimate of drug-likeness (QED) is 0.392. The Morgan fingerprint density at radius 1 is 1.06 bits per heavy atom. The van der Waals surface area contributed by atoms with E-state index in [0.29, 0.717) is 26.9 Å². The van der Waals surface area contributed by atoms with Gasteiger partial charge in [-0.1, -0.05) is 17.7 Å². The van der Waals surface area contributed by atoms with E-state index >= 15 is 0 Å². The zero-order chi connectivity index (χ0) is 24.1. The molecule has 3 heterocycles. The van der Waals surface area contributed by atoms with Crippen LogP contribution in [0.1, 0.15) is 25.9 Å². The number of nitrogens with one attached hydrogen (secondary N) is 2. The van der Waals surface area contributed by atoms with Crippen LogP contribution in [0.25, 0.3) is 5.69 Å². The molecule has 0 bridgehead atoms. The Labute approximate surface area is 204 Å². The predicted molar refractivity (Wildman–Crippen MR) is 132 cm³/mol. The zero-order valence-corrected chi connectivity index (χ0v) is 19.8. The highest BCUT2D eigenvalue weighted by atomic mass is 35.5. The summed E-state index contributed by atoms with van der Waals surface area (Å²) in [6.45, 7) is 0.213. The van der Waals surface area contributed by atoms with Crippen LogP contribution in [0.5, 0.6) is 0 Å². The topological polar surface area (TPSA) is 98.0 Å².